The van der Waals surface area contributed by atoms with Crippen LogP contribution in [0, 0.1) is 6.92 Å². The van der Waals surface area contributed by atoms with Gasteiger partial charge in [-0.15, -0.1) is 0 Å². The number of benzene rings is 1. The molecule has 3 rings (SSSR count). The Morgan fingerprint density at radius 1 is 1.14 bits per heavy atom. The van der Waals surface area contributed by atoms with Gasteiger partial charge < -0.3 is 4.18 Å². The van der Waals surface area contributed by atoms with Crippen LogP contribution in [0.5, 0.6) is 5.75 Å². The molecule has 0 aromatic heterocycles. The van der Waals surface area contributed by atoms with E-state index in [0.29, 0.717) is 5.56 Å². The molecular formula is C13H12F3NO3S. The summed E-state index contributed by atoms with van der Waals surface area (Å²) >= 11 is 0. The lowest BCUT2D eigenvalue weighted by molar-refractivity contribution is -0.0500. The highest BCUT2D eigenvalue weighted by Gasteiger charge is 2.50. The molecule has 0 fully saturated rings. The predicted molar refractivity (Wildman–Crippen MR) is 69.2 cm³/mol. The van der Waals surface area contributed by atoms with E-state index in [2.05, 4.69) is 4.18 Å². The van der Waals surface area contributed by atoms with Gasteiger partial charge in [0.1, 0.15) is 5.75 Å². The monoisotopic (exact) mass is 319 g/mol. The second-order valence-corrected chi connectivity index (χ2v) is 6.67. The van der Waals surface area contributed by atoms with Crippen LogP contribution in [0.1, 0.15) is 28.8 Å². The molecule has 2 heterocycles. The van der Waals surface area contributed by atoms with Gasteiger partial charge in [0.25, 0.3) is 0 Å². The number of likely N-dealkylation sites (N-methyl/N-ethyl adjacent to an activating group) is 1. The number of halogens is 3. The van der Waals surface area contributed by atoms with Crippen molar-refractivity contribution in [1.82, 2.24) is 4.90 Å². The molecule has 1 aromatic carbocycles. The van der Waals surface area contributed by atoms with E-state index in [9.17, 15) is 21.6 Å². The zero-order chi connectivity index (χ0) is 15.6. The van der Waals surface area contributed by atoms with Crippen LogP contribution in [0.4, 0.5) is 13.2 Å². The van der Waals surface area contributed by atoms with Crippen LogP contribution in [-0.2, 0) is 10.1 Å². The van der Waals surface area contributed by atoms with Crippen molar-refractivity contribution in [1.29, 1.82) is 0 Å². The average molecular weight is 319 g/mol. The lowest BCUT2D eigenvalue weighted by atomic mass is 9.92. The fourth-order valence-corrected chi connectivity index (χ4v) is 3.39. The van der Waals surface area contributed by atoms with Crippen molar-refractivity contribution in [3.05, 3.63) is 41.0 Å². The number of hydrogen-bond acceptors (Lipinski definition) is 4. The molecule has 1 aromatic rings. The SMILES string of the molecule is Cc1ccc(OS(=O)(=O)C(F)(F)F)c2c1C1C=CC2N1C. The summed E-state index contributed by atoms with van der Waals surface area (Å²) < 4.78 is 64.2. The normalized spacial score (nSPS) is 24.4. The zero-order valence-electron chi connectivity index (χ0n) is 11.2. The van der Waals surface area contributed by atoms with E-state index in [-0.39, 0.29) is 17.8 Å². The van der Waals surface area contributed by atoms with Crippen LogP contribution in [0.3, 0.4) is 0 Å². The Balaban J connectivity index is 2.10. The molecule has 0 saturated carbocycles. The van der Waals surface area contributed by atoms with E-state index in [1.54, 1.807) is 6.07 Å². The van der Waals surface area contributed by atoms with E-state index >= 15 is 0 Å². The number of aryl methyl sites for hydroxylation is 1. The lowest BCUT2D eigenvalue weighted by Gasteiger charge is -2.17. The molecule has 0 amide bonds. The van der Waals surface area contributed by atoms with Crippen molar-refractivity contribution in [3.63, 3.8) is 0 Å². The van der Waals surface area contributed by atoms with E-state index in [1.165, 1.54) is 6.07 Å². The number of hydrogen-bond donors (Lipinski definition) is 0. The van der Waals surface area contributed by atoms with Gasteiger partial charge in [0.15, 0.2) is 0 Å². The van der Waals surface area contributed by atoms with E-state index in [1.807, 2.05) is 31.0 Å². The first-order valence-corrected chi connectivity index (χ1v) is 7.59. The number of fused-ring (bicyclic) bond motifs is 5. The Kier molecular flexibility index (Phi) is 2.90. The first kappa shape index (κ1) is 14.4. The summed E-state index contributed by atoms with van der Waals surface area (Å²) in [5.41, 5.74) is -3.23. The molecule has 4 nitrogen and oxygen atoms in total. The van der Waals surface area contributed by atoms with Gasteiger partial charge in [-0.25, -0.2) is 0 Å². The van der Waals surface area contributed by atoms with Crippen molar-refractivity contribution in [3.8, 4) is 5.75 Å². The molecule has 2 aliphatic heterocycles. The van der Waals surface area contributed by atoms with Crippen molar-refractivity contribution in [2.75, 3.05) is 7.05 Å². The zero-order valence-corrected chi connectivity index (χ0v) is 12.0. The van der Waals surface area contributed by atoms with Crippen LogP contribution in [0.15, 0.2) is 24.3 Å². The van der Waals surface area contributed by atoms with Gasteiger partial charge in [0, 0.05) is 5.56 Å². The highest BCUT2D eigenvalue weighted by molar-refractivity contribution is 7.88. The van der Waals surface area contributed by atoms with E-state index < -0.39 is 15.6 Å². The molecule has 0 saturated heterocycles. The van der Waals surface area contributed by atoms with Crippen LogP contribution in [0.2, 0.25) is 0 Å². The first-order chi connectivity index (χ1) is 9.63. The average Bonchev–Trinajstić information content (AvgIpc) is 2.86. The molecule has 114 valence electrons. The molecule has 2 bridgehead atoms. The van der Waals surface area contributed by atoms with Crippen LogP contribution >= 0.6 is 0 Å². The minimum atomic E-state index is -5.66. The Morgan fingerprint density at radius 2 is 1.71 bits per heavy atom. The van der Waals surface area contributed by atoms with E-state index in [0.717, 1.165) is 11.1 Å². The number of rotatable bonds is 2. The van der Waals surface area contributed by atoms with Gasteiger partial charge in [-0.2, -0.15) is 21.6 Å². The second kappa shape index (κ2) is 4.23. The van der Waals surface area contributed by atoms with Gasteiger partial charge in [0.2, 0.25) is 0 Å². The summed E-state index contributed by atoms with van der Waals surface area (Å²) in [6, 6.07) is 2.54. The molecule has 2 unspecified atom stereocenters. The lowest BCUT2D eigenvalue weighted by Crippen LogP contribution is -2.28. The predicted octanol–water partition coefficient (Wildman–Crippen LogP) is 2.82. The van der Waals surface area contributed by atoms with Gasteiger partial charge in [-0.1, -0.05) is 18.2 Å². The van der Waals surface area contributed by atoms with Crippen molar-refractivity contribution in [2.45, 2.75) is 24.5 Å². The topological polar surface area (TPSA) is 46.6 Å². The molecule has 2 aliphatic rings. The molecule has 0 aliphatic carbocycles. The van der Waals surface area contributed by atoms with Crippen LogP contribution < -0.4 is 4.18 Å². The quantitative estimate of drug-likeness (QED) is 0.478. The fraction of sp³-hybridized carbons (Fsp3) is 0.385. The molecule has 8 heteroatoms. The first-order valence-electron chi connectivity index (χ1n) is 6.18. The third kappa shape index (κ3) is 1.96. The summed E-state index contributed by atoms with van der Waals surface area (Å²) in [5.74, 6) is -0.253. The molecular weight excluding hydrogens is 307 g/mol. The molecule has 0 radical (unpaired) electrons. The maximum absolute atomic E-state index is 12.5. The van der Waals surface area contributed by atoms with Gasteiger partial charge in [0.05, 0.1) is 12.1 Å². The Hall–Kier alpha value is -1.54. The Bertz CT molecular complexity index is 740. The van der Waals surface area contributed by atoms with Crippen molar-refractivity contribution in [2.24, 2.45) is 0 Å². The summed E-state index contributed by atoms with van der Waals surface area (Å²) in [6.07, 6.45) is 3.78. The van der Waals surface area contributed by atoms with Crippen LogP contribution in [-0.4, -0.2) is 25.9 Å². The molecule has 0 spiro atoms. The third-order valence-corrected chi connectivity index (χ3v) is 4.86. The highest BCUT2D eigenvalue weighted by Crippen LogP contribution is 2.52. The van der Waals surface area contributed by atoms with Crippen LogP contribution in [0.25, 0.3) is 0 Å². The smallest absolute Gasteiger partial charge is 0.376 e. The van der Waals surface area contributed by atoms with Crippen molar-refractivity contribution >= 4 is 10.1 Å². The molecule has 21 heavy (non-hydrogen) atoms. The fourth-order valence-electron chi connectivity index (χ4n) is 2.92. The molecule has 0 N–H and O–H groups in total. The minimum Gasteiger partial charge on any atom is -0.376 e. The number of alkyl halides is 3. The minimum absolute atomic E-state index is 0.0536. The van der Waals surface area contributed by atoms with Crippen molar-refractivity contribution < 1.29 is 25.8 Å². The van der Waals surface area contributed by atoms with E-state index in [4.69, 9.17) is 0 Å². The maximum Gasteiger partial charge on any atom is 0.534 e. The third-order valence-electron chi connectivity index (χ3n) is 3.89. The number of nitrogens with zero attached hydrogens (tertiary/aromatic N) is 1. The maximum atomic E-state index is 12.5. The standard InChI is InChI=1S/C13H12F3NO3S/c1-7-3-6-10(20-21(18,19)13(14,15)16)12-9-5-4-8(11(7)12)17(9)2/h3-6,8-9H,1-2H3. The van der Waals surface area contributed by atoms with Gasteiger partial charge >= 0.3 is 15.6 Å². The Labute approximate surface area is 119 Å². The highest BCUT2D eigenvalue weighted by atomic mass is 32.2. The largest absolute Gasteiger partial charge is 0.534 e. The summed E-state index contributed by atoms with van der Waals surface area (Å²) in [7, 11) is -3.83. The molecule has 2 atom stereocenters. The Morgan fingerprint density at radius 3 is 2.29 bits per heavy atom. The van der Waals surface area contributed by atoms with Gasteiger partial charge in [-0.3, -0.25) is 4.90 Å². The van der Waals surface area contributed by atoms with Gasteiger partial charge in [-0.05, 0) is 31.2 Å². The summed E-state index contributed by atoms with van der Waals surface area (Å²) in [4.78, 5) is 1.95. The summed E-state index contributed by atoms with van der Waals surface area (Å²) in [5, 5.41) is 0. The summed E-state index contributed by atoms with van der Waals surface area (Å²) in [6.45, 7) is 1.84. The second-order valence-electron chi connectivity index (χ2n) is 5.13.